The highest BCUT2D eigenvalue weighted by Crippen LogP contribution is 2.43. The molecule has 3 saturated heterocycles. The summed E-state index contributed by atoms with van der Waals surface area (Å²) in [6.07, 6.45) is -3.08. The molecule has 3 aliphatic heterocycles. The van der Waals surface area contributed by atoms with Gasteiger partial charge >= 0.3 is 18.3 Å². The number of alkyl halides is 4. The fraction of sp³-hybridized carbons (Fsp3) is 0.690. The molecule has 0 saturated carbocycles. The first kappa shape index (κ1) is 31.9. The number of anilines is 1. The molecule has 0 aliphatic carbocycles. The fourth-order valence-corrected chi connectivity index (χ4v) is 6.87. The van der Waals surface area contributed by atoms with Gasteiger partial charge in [-0.05, 0) is 94.4 Å². The summed E-state index contributed by atoms with van der Waals surface area (Å²) < 4.78 is 82.6. The first-order valence-electron chi connectivity index (χ1n) is 14.6. The number of hydrogen-bond acceptors (Lipinski definition) is 7. The number of carbonyl (C=O) groups is 1. The van der Waals surface area contributed by atoms with E-state index in [9.17, 15) is 22.4 Å². The van der Waals surface area contributed by atoms with E-state index >= 15 is 4.39 Å². The van der Waals surface area contributed by atoms with Crippen LogP contribution >= 0.6 is 15.9 Å². The third kappa shape index (κ3) is 7.10. The number of fused-ring (bicyclic) bond motifs is 3. The molecule has 2 aromatic rings. The van der Waals surface area contributed by atoms with Gasteiger partial charge in [-0.2, -0.15) is 23.1 Å². The lowest BCUT2D eigenvalue weighted by atomic mass is 9.95. The average molecular weight is 679 g/mol. The predicted octanol–water partition coefficient (Wildman–Crippen LogP) is 6.59. The molecule has 5 rings (SSSR count). The van der Waals surface area contributed by atoms with Crippen LogP contribution in [0.1, 0.15) is 58.4 Å². The van der Waals surface area contributed by atoms with Gasteiger partial charge in [-0.3, -0.25) is 4.90 Å². The van der Waals surface area contributed by atoms with Crippen LogP contribution in [0.25, 0.3) is 10.9 Å². The fourth-order valence-electron chi connectivity index (χ4n) is 6.35. The number of carbonyl (C=O) groups excluding carboxylic acids is 1. The van der Waals surface area contributed by atoms with E-state index in [2.05, 4.69) is 25.9 Å². The van der Waals surface area contributed by atoms with Crippen molar-refractivity contribution in [2.24, 2.45) is 5.92 Å². The van der Waals surface area contributed by atoms with Crippen LogP contribution in [-0.4, -0.2) is 89.6 Å². The second-order valence-corrected chi connectivity index (χ2v) is 13.7. The largest absolute Gasteiger partial charge is 0.463 e. The van der Waals surface area contributed by atoms with Crippen LogP contribution in [0.4, 0.5) is 32.6 Å². The van der Waals surface area contributed by atoms with E-state index in [1.807, 2.05) is 11.9 Å². The first-order valence-corrected chi connectivity index (χ1v) is 15.4. The molecule has 0 spiro atoms. The van der Waals surface area contributed by atoms with E-state index in [4.69, 9.17) is 9.47 Å². The minimum absolute atomic E-state index is 0.0934. The lowest BCUT2D eigenvalue weighted by Crippen LogP contribution is -2.57. The van der Waals surface area contributed by atoms with Crippen LogP contribution in [0.2, 0.25) is 0 Å². The number of nitrogens with zero attached hydrogens (tertiary/aromatic N) is 5. The maximum atomic E-state index is 15.6. The molecule has 14 heteroatoms. The van der Waals surface area contributed by atoms with Gasteiger partial charge in [-0.1, -0.05) is 0 Å². The van der Waals surface area contributed by atoms with Crippen molar-refractivity contribution < 1.29 is 36.2 Å². The van der Waals surface area contributed by atoms with E-state index < -0.39 is 39.9 Å². The minimum atomic E-state index is -4.83. The minimum Gasteiger partial charge on any atom is -0.463 e. The van der Waals surface area contributed by atoms with Gasteiger partial charge in [0.2, 0.25) is 0 Å². The number of rotatable bonds is 4. The Morgan fingerprint density at radius 1 is 1.09 bits per heavy atom. The van der Waals surface area contributed by atoms with E-state index in [1.165, 1.54) is 0 Å². The van der Waals surface area contributed by atoms with Crippen molar-refractivity contribution in [2.75, 3.05) is 44.7 Å². The summed E-state index contributed by atoms with van der Waals surface area (Å²) in [7, 11) is 1.88. The summed E-state index contributed by atoms with van der Waals surface area (Å²) in [5.74, 6) is -1.20. The number of piperazine rings is 1. The molecule has 0 radical (unpaired) electrons. The molecule has 2 bridgehead atoms. The molecule has 1 amide bonds. The highest BCUT2D eigenvalue weighted by molar-refractivity contribution is 9.10. The third-order valence-corrected chi connectivity index (χ3v) is 9.00. The molecule has 4 atom stereocenters. The molecule has 1 aromatic heterocycles. The Hall–Kier alpha value is -2.48. The standard InChI is InChI=1S/C29H37BrF5N5O3/c1-28(2,3)43-27(41)40-18-7-8-19(40)14-39(13-18)25-20-11-21(29(33,34)35)22(30)23(32)24(20)36-26(37-25)42-15-16-6-5-9-38(4)12-17(31)10-16/h11,16-19H,5-10,12-15H2,1-4H3/t16-,17-,18?,19?/m1/s1. The molecular weight excluding hydrogens is 641 g/mol. The van der Waals surface area contributed by atoms with Crippen molar-refractivity contribution >= 4 is 38.7 Å². The Bertz CT molecular complexity index is 1340. The number of benzene rings is 1. The topological polar surface area (TPSA) is 71.0 Å². The zero-order valence-corrected chi connectivity index (χ0v) is 26.3. The molecule has 4 heterocycles. The quantitative estimate of drug-likeness (QED) is 0.338. The van der Waals surface area contributed by atoms with E-state index in [0.29, 0.717) is 19.4 Å². The van der Waals surface area contributed by atoms with Gasteiger partial charge in [-0.25, -0.2) is 13.6 Å². The summed E-state index contributed by atoms with van der Waals surface area (Å²) in [4.78, 5) is 27.1. The molecule has 238 valence electrons. The maximum Gasteiger partial charge on any atom is 0.417 e. The first-order chi connectivity index (χ1) is 20.1. The Morgan fingerprint density at radius 2 is 1.77 bits per heavy atom. The summed E-state index contributed by atoms with van der Waals surface area (Å²) >= 11 is 2.77. The van der Waals surface area contributed by atoms with Crippen LogP contribution < -0.4 is 9.64 Å². The number of amides is 1. The summed E-state index contributed by atoms with van der Waals surface area (Å²) in [5, 5.41) is -0.108. The second kappa shape index (κ2) is 12.1. The van der Waals surface area contributed by atoms with Crippen molar-refractivity contribution in [1.82, 2.24) is 19.8 Å². The molecule has 8 nitrogen and oxygen atoms in total. The monoisotopic (exact) mass is 677 g/mol. The van der Waals surface area contributed by atoms with Crippen LogP contribution in [0.5, 0.6) is 6.01 Å². The van der Waals surface area contributed by atoms with E-state index in [1.54, 1.807) is 30.6 Å². The van der Waals surface area contributed by atoms with Crippen molar-refractivity contribution in [3.8, 4) is 6.01 Å². The zero-order chi connectivity index (χ0) is 31.3. The van der Waals surface area contributed by atoms with Crippen LogP contribution in [0.3, 0.4) is 0 Å². The van der Waals surface area contributed by atoms with Gasteiger partial charge in [0.05, 0.1) is 28.7 Å². The van der Waals surface area contributed by atoms with Crippen molar-refractivity contribution in [1.29, 1.82) is 0 Å². The van der Waals surface area contributed by atoms with Crippen LogP contribution in [-0.2, 0) is 10.9 Å². The molecule has 3 fully saturated rings. The Labute approximate surface area is 256 Å². The SMILES string of the molecule is CN1CCC[C@@H](COc2nc(N3CC4CCC(C3)N4C(=O)OC(C)(C)C)c3cc(C(F)(F)F)c(Br)c(F)c3n2)C[C@@H](F)C1. The average Bonchev–Trinajstić information content (AvgIpc) is 3.15. The van der Waals surface area contributed by atoms with Gasteiger partial charge in [0, 0.05) is 25.0 Å². The van der Waals surface area contributed by atoms with Gasteiger partial charge < -0.3 is 19.3 Å². The Balaban J connectivity index is 1.48. The molecule has 43 heavy (non-hydrogen) atoms. The molecule has 2 unspecified atom stereocenters. The molecular formula is C29H37BrF5N5O3. The van der Waals surface area contributed by atoms with Crippen molar-refractivity contribution in [3.05, 3.63) is 21.9 Å². The molecule has 0 N–H and O–H groups in total. The highest BCUT2D eigenvalue weighted by Gasteiger charge is 2.45. The predicted molar refractivity (Wildman–Crippen MR) is 155 cm³/mol. The highest BCUT2D eigenvalue weighted by atomic mass is 79.9. The van der Waals surface area contributed by atoms with Gasteiger partial charge in [0.15, 0.2) is 5.82 Å². The van der Waals surface area contributed by atoms with E-state index in [0.717, 1.165) is 25.5 Å². The summed E-state index contributed by atoms with van der Waals surface area (Å²) in [5.41, 5.74) is -2.18. The Kier molecular flexibility index (Phi) is 9.01. The second-order valence-electron chi connectivity index (χ2n) is 12.9. The molecule has 1 aromatic carbocycles. The summed E-state index contributed by atoms with van der Waals surface area (Å²) in [6, 6.07) is 0.132. The maximum absolute atomic E-state index is 15.6. The van der Waals surface area contributed by atoms with Gasteiger partial charge in [0.25, 0.3) is 0 Å². The Morgan fingerprint density at radius 3 is 2.40 bits per heavy atom. The molecule has 3 aliphatic rings. The zero-order valence-electron chi connectivity index (χ0n) is 24.7. The lowest BCUT2D eigenvalue weighted by Gasteiger charge is -2.42. The number of aromatic nitrogens is 2. The van der Waals surface area contributed by atoms with Gasteiger partial charge in [0.1, 0.15) is 23.1 Å². The number of ether oxygens (including phenoxy) is 2. The summed E-state index contributed by atoms with van der Waals surface area (Å²) in [6.45, 7) is 7.05. The van der Waals surface area contributed by atoms with Gasteiger partial charge in [-0.15, -0.1) is 0 Å². The normalized spacial score (nSPS) is 25.5. The van der Waals surface area contributed by atoms with Crippen molar-refractivity contribution in [3.63, 3.8) is 0 Å². The third-order valence-electron chi connectivity index (χ3n) is 8.22. The smallest absolute Gasteiger partial charge is 0.417 e. The number of likely N-dealkylation sites (tertiary alicyclic amines) is 1. The lowest BCUT2D eigenvalue weighted by molar-refractivity contribution is -0.138. The number of halogens is 6. The number of hydrogen-bond donors (Lipinski definition) is 0. The van der Waals surface area contributed by atoms with Crippen LogP contribution in [0.15, 0.2) is 10.5 Å². The van der Waals surface area contributed by atoms with Crippen LogP contribution in [0, 0.1) is 11.7 Å². The van der Waals surface area contributed by atoms with Crippen molar-refractivity contribution in [2.45, 2.75) is 82.9 Å². The van der Waals surface area contributed by atoms with E-state index in [-0.39, 0.29) is 66.9 Å².